The minimum atomic E-state index is -1.81. The van der Waals surface area contributed by atoms with Gasteiger partial charge in [0.05, 0.1) is 37.9 Å². The molecule has 0 aromatic rings. The standard InChI is InChI=1S/C12H22O9S2/c13-3-11(4-14,7-19-9(17)1-22)21-12(5-15,6-16)8-20-10(18)2-23/h13-16,22-23H,1-8H2. The maximum Gasteiger partial charge on any atom is 0.315 e. The molecule has 0 atom stereocenters. The summed E-state index contributed by atoms with van der Waals surface area (Å²) >= 11 is 7.42. The molecular weight excluding hydrogens is 352 g/mol. The Balaban J connectivity index is 5.12. The molecule has 0 unspecified atom stereocenters. The number of hydrogen-bond donors (Lipinski definition) is 6. The summed E-state index contributed by atoms with van der Waals surface area (Å²) in [5, 5.41) is 37.8. The number of hydrogen-bond acceptors (Lipinski definition) is 11. The third kappa shape index (κ3) is 7.25. The van der Waals surface area contributed by atoms with Crippen molar-refractivity contribution >= 4 is 37.2 Å². The number of carbonyl (C=O) groups excluding carboxylic acids is 2. The van der Waals surface area contributed by atoms with Crippen LogP contribution in [0.3, 0.4) is 0 Å². The van der Waals surface area contributed by atoms with Crippen LogP contribution in [0, 0.1) is 0 Å². The van der Waals surface area contributed by atoms with E-state index in [1.807, 2.05) is 0 Å². The summed E-state index contributed by atoms with van der Waals surface area (Å²) in [5.41, 5.74) is -3.62. The molecule has 0 fully saturated rings. The van der Waals surface area contributed by atoms with Crippen molar-refractivity contribution in [2.45, 2.75) is 11.2 Å². The zero-order valence-corrected chi connectivity index (χ0v) is 14.2. The summed E-state index contributed by atoms with van der Waals surface area (Å²) in [6, 6.07) is 0. The van der Waals surface area contributed by atoms with Gasteiger partial charge in [-0.15, -0.1) is 0 Å². The number of aliphatic hydroxyl groups excluding tert-OH is 4. The summed E-state index contributed by atoms with van der Waals surface area (Å²) in [4.78, 5) is 22.3. The molecule has 136 valence electrons. The molecule has 9 nitrogen and oxygen atoms in total. The van der Waals surface area contributed by atoms with Crippen LogP contribution >= 0.6 is 25.3 Å². The first-order chi connectivity index (χ1) is 10.9. The van der Waals surface area contributed by atoms with E-state index in [4.69, 9.17) is 14.2 Å². The number of esters is 2. The lowest BCUT2D eigenvalue weighted by atomic mass is 10.0. The summed E-state index contributed by atoms with van der Waals surface area (Å²) in [5.74, 6) is -1.89. The van der Waals surface area contributed by atoms with Gasteiger partial charge >= 0.3 is 11.9 Å². The fourth-order valence-electron chi connectivity index (χ4n) is 1.45. The molecule has 0 radical (unpaired) electrons. The third-order valence-electron chi connectivity index (χ3n) is 2.84. The predicted molar refractivity (Wildman–Crippen MR) is 84.5 cm³/mol. The van der Waals surface area contributed by atoms with Crippen molar-refractivity contribution in [3.05, 3.63) is 0 Å². The van der Waals surface area contributed by atoms with Crippen molar-refractivity contribution in [2.75, 3.05) is 51.1 Å². The average molecular weight is 374 g/mol. The van der Waals surface area contributed by atoms with Crippen LogP contribution in [-0.2, 0) is 23.8 Å². The Morgan fingerprint density at radius 3 is 1.26 bits per heavy atom. The highest BCUT2D eigenvalue weighted by molar-refractivity contribution is 7.81. The van der Waals surface area contributed by atoms with E-state index in [1.165, 1.54) is 0 Å². The second kappa shape index (κ2) is 11.1. The van der Waals surface area contributed by atoms with Crippen LogP contribution in [0.15, 0.2) is 0 Å². The average Bonchev–Trinajstić information content (AvgIpc) is 2.61. The van der Waals surface area contributed by atoms with E-state index in [2.05, 4.69) is 25.3 Å². The van der Waals surface area contributed by atoms with Gasteiger partial charge in [0.15, 0.2) is 0 Å². The molecule has 0 spiro atoms. The van der Waals surface area contributed by atoms with E-state index in [-0.39, 0.29) is 11.5 Å². The smallest absolute Gasteiger partial charge is 0.315 e. The fourth-order valence-corrected chi connectivity index (χ4v) is 1.63. The molecular formula is C12H22O9S2. The lowest BCUT2D eigenvalue weighted by molar-refractivity contribution is -0.245. The van der Waals surface area contributed by atoms with Crippen molar-refractivity contribution in [1.82, 2.24) is 0 Å². The van der Waals surface area contributed by atoms with Gasteiger partial charge in [-0.1, -0.05) is 0 Å². The Hall–Kier alpha value is -0.560. The predicted octanol–water partition coefficient (Wildman–Crippen LogP) is -2.60. The molecule has 0 bridgehead atoms. The molecule has 0 saturated heterocycles. The maximum atomic E-state index is 11.2. The van der Waals surface area contributed by atoms with E-state index < -0.39 is 62.8 Å². The van der Waals surface area contributed by atoms with Crippen LogP contribution < -0.4 is 0 Å². The van der Waals surface area contributed by atoms with Crippen LogP contribution in [0.4, 0.5) is 0 Å². The number of carbonyl (C=O) groups is 2. The Labute approximate surface area is 144 Å². The molecule has 0 amide bonds. The zero-order chi connectivity index (χ0) is 17.9. The molecule has 11 heteroatoms. The topological polar surface area (TPSA) is 143 Å². The van der Waals surface area contributed by atoms with Gasteiger partial charge in [-0.25, -0.2) is 0 Å². The molecule has 4 N–H and O–H groups in total. The Bertz CT molecular complexity index is 336. The van der Waals surface area contributed by atoms with Crippen LogP contribution in [0.5, 0.6) is 0 Å². The first-order valence-electron chi connectivity index (χ1n) is 6.53. The lowest BCUT2D eigenvalue weighted by Gasteiger charge is -2.39. The quantitative estimate of drug-likeness (QED) is 0.160. The van der Waals surface area contributed by atoms with Gasteiger partial charge in [-0.05, 0) is 0 Å². The third-order valence-corrected chi connectivity index (χ3v) is 3.35. The van der Waals surface area contributed by atoms with Crippen LogP contribution in [-0.4, -0.2) is 94.7 Å². The fraction of sp³-hybridized carbons (Fsp3) is 0.833. The highest BCUT2D eigenvalue weighted by Gasteiger charge is 2.43. The van der Waals surface area contributed by atoms with E-state index in [9.17, 15) is 30.0 Å². The Morgan fingerprint density at radius 2 is 1.04 bits per heavy atom. The SMILES string of the molecule is O=C(CS)OCC(CO)(CO)OC(CO)(CO)COC(=O)CS. The summed E-state index contributed by atoms with van der Waals surface area (Å²) in [6.07, 6.45) is 0. The molecule has 0 aliphatic heterocycles. The number of aliphatic hydroxyl groups is 4. The molecule has 0 heterocycles. The minimum Gasteiger partial charge on any atom is -0.462 e. The van der Waals surface area contributed by atoms with Crippen LogP contribution in [0.1, 0.15) is 0 Å². The summed E-state index contributed by atoms with van der Waals surface area (Å²) in [6.45, 7) is -4.25. The minimum absolute atomic E-state index is 0.225. The van der Waals surface area contributed by atoms with Gasteiger partial charge in [0, 0.05) is 0 Å². The lowest BCUT2D eigenvalue weighted by Crippen LogP contribution is -2.58. The van der Waals surface area contributed by atoms with Gasteiger partial charge in [-0.2, -0.15) is 25.3 Å². The second-order valence-electron chi connectivity index (χ2n) is 4.74. The first kappa shape index (κ1) is 22.4. The molecule has 23 heavy (non-hydrogen) atoms. The zero-order valence-electron chi connectivity index (χ0n) is 12.4. The van der Waals surface area contributed by atoms with Crippen molar-refractivity contribution in [2.24, 2.45) is 0 Å². The van der Waals surface area contributed by atoms with E-state index >= 15 is 0 Å². The number of rotatable bonds is 12. The van der Waals surface area contributed by atoms with Crippen LogP contribution in [0.2, 0.25) is 0 Å². The Morgan fingerprint density at radius 1 is 0.739 bits per heavy atom. The van der Waals surface area contributed by atoms with Crippen molar-refractivity contribution in [1.29, 1.82) is 0 Å². The highest BCUT2D eigenvalue weighted by atomic mass is 32.1. The van der Waals surface area contributed by atoms with Crippen molar-refractivity contribution in [3.8, 4) is 0 Å². The Kier molecular flexibility index (Phi) is 10.8. The van der Waals surface area contributed by atoms with Crippen molar-refractivity contribution in [3.63, 3.8) is 0 Å². The van der Waals surface area contributed by atoms with Gasteiger partial charge in [0.2, 0.25) is 0 Å². The van der Waals surface area contributed by atoms with Gasteiger partial charge in [0.1, 0.15) is 24.4 Å². The molecule has 0 saturated carbocycles. The highest BCUT2D eigenvalue weighted by Crippen LogP contribution is 2.22. The monoisotopic (exact) mass is 374 g/mol. The van der Waals surface area contributed by atoms with Crippen LogP contribution in [0.25, 0.3) is 0 Å². The summed E-state index contributed by atoms with van der Waals surface area (Å²) in [7, 11) is 0. The van der Waals surface area contributed by atoms with Gasteiger partial charge in [0.25, 0.3) is 0 Å². The molecule has 0 aliphatic rings. The number of ether oxygens (including phenoxy) is 3. The molecule has 0 aromatic carbocycles. The largest absolute Gasteiger partial charge is 0.462 e. The van der Waals surface area contributed by atoms with E-state index in [0.29, 0.717) is 0 Å². The normalized spacial score (nSPS) is 12.1. The van der Waals surface area contributed by atoms with Gasteiger partial charge < -0.3 is 34.6 Å². The van der Waals surface area contributed by atoms with Crippen molar-refractivity contribution < 1.29 is 44.2 Å². The maximum absolute atomic E-state index is 11.2. The van der Waals surface area contributed by atoms with E-state index in [0.717, 1.165) is 0 Å². The van der Waals surface area contributed by atoms with E-state index in [1.54, 1.807) is 0 Å². The number of thiol groups is 2. The van der Waals surface area contributed by atoms with Gasteiger partial charge in [-0.3, -0.25) is 9.59 Å². The summed E-state index contributed by atoms with van der Waals surface area (Å²) < 4.78 is 15.0. The molecule has 0 rings (SSSR count). The molecule has 0 aliphatic carbocycles. The first-order valence-corrected chi connectivity index (χ1v) is 7.79. The second-order valence-corrected chi connectivity index (χ2v) is 5.37. The molecule has 0 aromatic heterocycles.